The van der Waals surface area contributed by atoms with E-state index in [4.69, 9.17) is 0 Å². The molecule has 1 aliphatic heterocycles. The van der Waals surface area contributed by atoms with Crippen molar-refractivity contribution in [2.75, 3.05) is 32.7 Å². The van der Waals surface area contributed by atoms with Crippen LogP contribution in [0.15, 0.2) is 0 Å². The zero-order valence-electron chi connectivity index (χ0n) is 8.31. The number of piperazine rings is 1. The molecule has 1 aromatic heterocycles. The zero-order valence-corrected chi connectivity index (χ0v) is 9.13. The van der Waals surface area contributed by atoms with Gasteiger partial charge >= 0.3 is 0 Å². The molecule has 0 saturated carbocycles. The zero-order chi connectivity index (χ0) is 9.80. The largest absolute Gasteiger partial charge is 0.314 e. The Bertz CT molecular complexity index is 257. The molecule has 1 atom stereocenters. The average molecular weight is 213 g/mol. The molecule has 1 saturated heterocycles. The first-order chi connectivity index (χ1) is 6.86. The SMILES string of the molecule is CC(CN1CCNCC1)c1nnns1. The van der Waals surface area contributed by atoms with Gasteiger partial charge in [0.25, 0.3) is 0 Å². The van der Waals surface area contributed by atoms with Gasteiger partial charge in [-0.05, 0) is 5.21 Å². The van der Waals surface area contributed by atoms with E-state index in [0.717, 1.165) is 37.7 Å². The van der Waals surface area contributed by atoms with Crippen LogP contribution in [0, 0.1) is 0 Å². The number of aromatic nitrogens is 3. The summed E-state index contributed by atoms with van der Waals surface area (Å²) in [5.74, 6) is 0.452. The summed E-state index contributed by atoms with van der Waals surface area (Å²) in [6, 6.07) is 0. The quantitative estimate of drug-likeness (QED) is 0.762. The van der Waals surface area contributed by atoms with Crippen molar-refractivity contribution >= 4 is 11.5 Å². The minimum atomic E-state index is 0.452. The summed E-state index contributed by atoms with van der Waals surface area (Å²) >= 11 is 1.41. The fourth-order valence-electron chi connectivity index (χ4n) is 1.69. The monoisotopic (exact) mass is 213 g/mol. The van der Waals surface area contributed by atoms with E-state index in [2.05, 4.69) is 31.9 Å². The van der Waals surface area contributed by atoms with Crippen LogP contribution in [-0.2, 0) is 0 Å². The number of nitrogens with one attached hydrogen (secondary N) is 1. The highest BCUT2D eigenvalue weighted by Gasteiger charge is 2.16. The van der Waals surface area contributed by atoms with Crippen molar-refractivity contribution in [2.45, 2.75) is 12.8 Å². The van der Waals surface area contributed by atoms with Gasteiger partial charge in [-0.1, -0.05) is 11.4 Å². The molecular weight excluding hydrogens is 198 g/mol. The molecule has 1 N–H and O–H groups in total. The van der Waals surface area contributed by atoms with Crippen LogP contribution in [-0.4, -0.2) is 52.4 Å². The van der Waals surface area contributed by atoms with E-state index in [0.29, 0.717) is 5.92 Å². The average Bonchev–Trinajstić information content (AvgIpc) is 2.72. The molecule has 0 spiro atoms. The molecule has 1 aromatic rings. The Hall–Kier alpha value is -0.590. The second-order valence-electron chi connectivity index (χ2n) is 3.65. The second-order valence-corrected chi connectivity index (χ2v) is 4.42. The van der Waals surface area contributed by atoms with Crippen LogP contribution in [0.1, 0.15) is 17.8 Å². The third kappa shape index (κ3) is 2.46. The number of rotatable bonds is 3. The van der Waals surface area contributed by atoms with Gasteiger partial charge < -0.3 is 10.2 Å². The summed E-state index contributed by atoms with van der Waals surface area (Å²) < 4.78 is 3.79. The Morgan fingerprint density at radius 2 is 2.29 bits per heavy atom. The van der Waals surface area contributed by atoms with Crippen molar-refractivity contribution in [1.29, 1.82) is 0 Å². The number of nitrogens with zero attached hydrogens (tertiary/aromatic N) is 4. The second kappa shape index (κ2) is 4.77. The molecule has 0 aliphatic carbocycles. The maximum atomic E-state index is 4.00. The van der Waals surface area contributed by atoms with E-state index in [-0.39, 0.29) is 0 Å². The number of hydrogen-bond donors (Lipinski definition) is 1. The fraction of sp³-hybridized carbons (Fsp3) is 0.875. The minimum Gasteiger partial charge on any atom is -0.314 e. The third-order valence-electron chi connectivity index (χ3n) is 2.48. The van der Waals surface area contributed by atoms with E-state index in [9.17, 15) is 0 Å². The standard InChI is InChI=1S/C8H15N5S/c1-7(8-10-11-12-14-8)6-13-4-2-9-3-5-13/h7,9H,2-6H2,1H3. The highest BCUT2D eigenvalue weighted by atomic mass is 32.1. The Labute approximate surface area is 87.7 Å². The van der Waals surface area contributed by atoms with E-state index in [1.165, 1.54) is 11.5 Å². The lowest BCUT2D eigenvalue weighted by atomic mass is 10.1. The van der Waals surface area contributed by atoms with Crippen LogP contribution in [0.25, 0.3) is 0 Å². The van der Waals surface area contributed by atoms with Crippen LogP contribution in [0.5, 0.6) is 0 Å². The van der Waals surface area contributed by atoms with Gasteiger partial charge in [0.1, 0.15) is 5.01 Å². The van der Waals surface area contributed by atoms with Gasteiger partial charge in [-0.3, -0.25) is 0 Å². The lowest BCUT2D eigenvalue weighted by Crippen LogP contribution is -2.44. The van der Waals surface area contributed by atoms with Crippen LogP contribution in [0.3, 0.4) is 0 Å². The van der Waals surface area contributed by atoms with Crippen LogP contribution in [0.4, 0.5) is 0 Å². The summed E-state index contributed by atoms with van der Waals surface area (Å²) in [4.78, 5) is 2.46. The molecule has 0 aromatic carbocycles. The van der Waals surface area contributed by atoms with Gasteiger partial charge in [0, 0.05) is 50.2 Å². The summed E-state index contributed by atoms with van der Waals surface area (Å²) in [6.45, 7) is 7.72. The molecular formula is C8H15N5S. The van der Waals surface area contributed by atoms with Crippen molar-refractivity contribution in [3.05, 3.63) is 5.01 Å². The molecule has 0 amide bonds. The van der Waals surface area contributed by atoms with E-state index in [1.807, 2.05) is 0 Å². The Morgan fingerprint density at radius 3 is 2.93 bits per heavy atom. The predicted octanol–water partition coefficient (Wildman–Crippen LogP) is -0.0582. The van der Waals surface area contributed by atoms with Crippen LogP contribution < -0.4 is 5.32 Å². The number of hydrogen-bond acceptors (Lipinski definition) is 6. The summed E-state index contributed by atoms with van der Waals surface area (Å²) in [5.41, 5.74) is 0. The minimum absolute atomic E-state index is 0.452. The topological polar surface area (TPSA) is 53.9 Å². The van der Waals surface area contributed by atoms with Crippen molar-refractivity contribution < 1.29 is 0 Å². The first-order valence-electron chi connectivity index (χ1n) is 4.94. The van der Waals surface area contributed by atoms with E-state index >= 15 is 0 Å². The van der Waals surface area contributed by atoms with Crippen LogP contribution in [0.2, 0.25) is 0 Å². The highest BCUT2D eigenvalue weighted by molar-refractivity contribution is 7.05. The Kier molecular flexibility index (Phi) is 3.39. The molecule has 1 fully saturated rings. The molecule has 2 heterocycles. The van der Waals surface area contributed by atoms with Gasteiger partial charge in [0.05, 0.1) is 0 Å². The first-order valence-corrected chi connectivity index (χ1v) is 5.71. The van der Waals surface area contributed by atoms with Crippen molar-refractivity contribution in [3.63, 3.8) is 0 Å². The molecule has 6 heteroatoms. The lowest BCUT2D eigenvalue weighted by molar-refractivity contribution is 0.230. The van der Waals surface area contributed by atoms with Gasteiger partial charge in [0.2, 0.25) is 0 Å². The highest BCUT2D eigenvalue weighted by Crippen LogP contribution is 2.16. The first kappa shape index (κ1) is 9.95. The molecule has 1 aliphatic rings. The summed E-state index contributed by atoms with van der Waals surface area (Å²) in [7, 11) is 0. The summed E-state index contributed by atoms with van der Waals surface area (Å²) in [6.07, 6.45) is 0. The Balaban J connectivity index is 1.84. The molecule has 2 rings (SSSR count). The lowest BCUT2D eigenvalue weighted by Gasteiger charge is -2.28. The van der Waals surface area contributed by atoms with Gasteiger partial charge in [-0.2, -0.15) is 0 Å². The molecule has 14 heavy (non-hydrogen) atoms. The molecule has 78 valence electrons. The Morgan fingerprint density at radius 1 is 1.50 bits per heavy atom. The molecule has 0 radical (unpaired) electrons. The molecule has 1 unspecified atom stereocenters. The molecule has 5 nitrogen and oxygen atoms in total. The van der Waals surface area contributed by atoms with E-state index < -0.39 is 0 Å². The van der Waals surface area contributed by atoms with Gasteiger partial charge in [0.15, 0.2) is 0 Å². The van der Waals surface area contributed by atoms with Crippen LogP contribution >= 0.6 is 11.5 Å². The summed E-state index contributed by atoms with van der Waals surface area (Å²) in [5, 5.41) is 12.0. The smallest absolute Gasteiger partial charge is 0.142 e. The third-order valence-corrected chi connectivity index (χ3v) is 3.30. The normalized spacial score (nSPS) is 20.9. The van der Waals surface area contributed by atoms with Crippen molar-refractivity contribution in [3.8, 4) is 0 Å². The van der Waals surface area contributed by atoms with Crippen molar-refractivity contribution in [2.24, 2.45) is 0 Å². The fourth-order valence-corrected chi connectivity index (χ4v) is 2.17. The maximum Gasteiger partial charge on any atom is 0.142 e. The van der Waals surface area contributed by atoms with E-state index in [1.54, 1.807) is 0 Å². The predicted molar refractivity (Wildman–Crippen MR) is 55.4 cm³/mol. The van der Waals surface area contributed by atoms with Gasteiger partial charge in [-0.25, -0.2) is 0 Å². The maximum absolute atomic E-state index is 4.00. The van der Waals surface area contributed by atoms with Gasteiger partial charge in [-0.15, -0.1) is 5.10 Å². The van der Waals surface area contributed by atoms with Crippen molar-refractivity contribution in [1.82, 2.24) is 25.0 Å². The molecule has 0 bridgehead atoms.